The molecule has 5 heteroatoms. The van der Waals surface area contributed by atoms with Gasteiger partial charge in [-0.05, 0) is 49.2 Å². The van der Waals surface area contributed by atoms with Gasteiger partial charge in [-0.1, -0.05) is 12.1 Å². The van der Waals surface area contributed by atoms with Gasteiger partial charge in [-0.15, -0.1) is 0 Å². The van der Waals surface area contributed by atoms with Crippen molar-refractivity contribution >= 4 is 11.0 Å². The monoisotopic (exact) mass is 362 g/mol. The summed E-state index contributed by atoms with van der Waals surface area (Å²) in [5.41, 5.74) is 2.96. The van der Waals surface area contributed by atoms with Crippen LogP contribution < -0.4 is 10.2 Å². The lowest BCUT2D eigenvalue weighted by molar-refractivity contribution is 0.340. The third-order valence-electron chi connectivity index (χ3n) is 4.57. The Morgan fingerprint density at radius 1 is 1.00 bits per heavy atom. The molecule has 0 amide bonds. The number of benzene rings is 3. The van der Waals surface area contributed by atoms with Crippen molar-refractivity contribution in [3.05, 3.63) is 64.3 Å². The van der Waals surface area contributed by atoms with Crippen LogP contribution in [0.2, 0.25) is 0 Å². The molecule has 1 aliphatic carbocycles. The molecule has 1 heterocycles. The van der Waals surface area contributed by atoms with Crippen LogP contribution in [0.5, 0.6) is 17.2 Å². The van der Waals surface area contributed by atoms with E-state index in [1.54, 1.807) is 13.0 Å². The van der Waals surface area contributed by atoms with Crippen molar-refractivity contribution in [1.82, 2.24) is 0 Å². The van der Waals surface area contributed by atoms with Crippen molar-refractivity contribution in [3.63, 3.8) is 0 Å². The molecule has 0 unspecified atom stereocenters. The molecule has 4 rings (SSSR count). The predicted molar refractivity (Wildman–Crippen MR) is 104 cm³/mol. The van der Waals surface area contributed by atoms with Gasteiger partial charge in [0.1, 0.15) is 22.8 Å². The largest absolute Gasteiger partial charge is 0.508 e. The Morgan fingerprint density at radius 3 is 2.44 bits per heavy atom. The van der Waals surface area contributed by atoms with Gasteiger partial charge >= 0.3 is 0 Å². The van der Waals surface area contributed by atoms with Crippen LogP contribution in [-0.2, 0) is 0 Å². The van der Waals surface area contributed by atoms with Crippen LogP contribution in [0, 0.1) is 6.92 Å². The van der Waals surface area contributed by atoms with E-state index in [4.69, 9.17) is 9.15 Å². The van der Waals surface area contributed by atoms with Gasteiger partial charge in [0.15, 0.2) is 5.75 Å². The molecular formula is C22H18O5. The second-order valence-electron chi connectivity index (χ2n) is 6.39. The molecule has 1 aliphatic heterocycles. The number of phenols is 2. The molecule has 0 radical (unpaired) electrons. The number of ether oxygens (including phenoxy) is 1. The molecule has 2 aromatic carbocycles. The molecule has 5 nitrogen and oxygen atoms in total. The summed E-state index contributed by atoms with van der Waals surface area (Å²) in [6, 6.07) is 13.6. The van der Waals surface area contributed by atoms with Gasteiger partial charge in [-0.2, -0.15) is 0 Å². The minimum Gasteiger partial charge on any atom is -0.508 e. The van der Waals surface area contributed by atoms with E-state index in [1.165, 1.54) is 12.1 Å². The fraction of sp³-hybridized carbons (Fsp3) is 0.136. The Bertz CT molecular complexity index is 1170. The smallest absolute Gasteiger partial charge is 0.223 e. The quantitative estimate of drug-likeness (QED) is 0.517. The van der Waals surface area contributed by atoms with E-state index in [0.29, 0.717) is 29.1 Å². The third kappa shape index (κ3) is 2.87. The van der Waals surface area contributed by atoms with Gasteiger partial charge < -0.3 is 19.4 Å². The Hall–Kier alpha value is -3.47. The summed E-state index contributed by atoms with van der Waals surface area (Å²) in [5.74, 6) is 0.885. The first kappa shape index (κ1) is 17.0. The maximum Gasteiger partial charge on any atom is 0.223 e. The van der Waals surface area contributed by atoms with Gasteiger partial charge in [0.05, 0.1) is 6.61 Å². The van der Waals surface area contributed by atoms with Gasteiger partial charge in [0.2, 0.25) is 5.43 Å². The van der Waals surface area contributed by atoms with E-state index >= 15 is 0 Å². The van der Waals surface area contributed by atoms with Crippen molar-refractivity contribution in [3.8, 4) is 39.7 Å². The second-order valence-corrected chi connectivity index (χ2v) is 6.39. The maximum absolute atomic E-state index is 11.9. The summed E-state index contributed by atoms with van der Waals surface area (Å²) in [6.45, 7) is 4.30. The molecule has 0 spiro atoms. The van der Waals surface area contributed by atoms with Crippen LogP contribution in [-0.4, -0.2) is 16.8 Å². The minimum absolute atomic E-state index is 0.115. The number of phenolic OH excluding ortho intramolecular Hbond substituents is 2. The highest BCUT2D eigenvalue weighted by atomic mass is 16.5. The first-order chi connectivity index (χ1) is 13.0. The highest BCUT2D eigenvalue weighted by Crippen LogP contribution is 2.42. The van der Waals surface area contributed by atoms with Gasteiger partial charge in [0.25, 0.3) is 0 Å². The van der Waals surface area contributed by atoms with Crippen molar-refractivity contribution in [2.24, 2.45) is 0 Å². The molecule has 2 aliphatic rings. The average molecular weight is 362 g/mol. The van der Waals surface area contributed by atoms with E-state index in [1.807, 2.05) is 37.3 Å². The molecule has 136 valence electrons. The third-order valence-corrected chi connectivity index (χ3v) is 4.57. The molecule has 2 aromatic rings. The van der Waals surface area contributed by atoms with Gasteiger partial charge in [-0.3, -0.25) is 4.79 Å². The van der Waals surface area contributed by atoms with Crippen molar-refractivity contribution < 1.29 is 19.4 Å². The standard InChI is InChI=1S/C22H18O5/c1-3-26-14-6-4-13(5-7-14)22-15-8-12(2)17(23)10-20(15)27-21-11-19(25)18(24)9-16(21)22/h4-11,23-24H,3H2,1-2H3. The fourth-order valence-electron chi connectivity index (χ4n) is 3.25. The van der Waals surface area contributed by atoms with E-state index < -0.39 is 5.43 Å². The lowest BCUT2D eigenvalue weighted by atomic mass is 9.92. The first-order valence-corrected chi connectivity index (χ1v) is 8.64. The SMILES string of the molecule is CCOc1ccc(-c2c3cc(O)c(=O)cc-3oc3cc(O)c(C)cc23)cc1. The summed E-state index contributed by atoms with van der Waals surface area (Å²) in [5, 5.41) is 20.8. The zero-order chi connectivity index (χ0) is 19.1. The predicted octanol–water partition coefficient (Wildman–Crippen LogP) is 4.68. The first-order valence-electron chi connectivity index (χ1n) is 8.64. The summed E-state index contributed by atoms with van der Waals surface area (Å²) in [7, 11) is 0. The number of fused-ring (bicyclic) bond motifs is 2. The molecule has 0 aromatic heterocycles. The Balaban J connectivity index is 2.09. The summed E-state index contributed by atoms with van der Waals surface area (Å²) in [6.07, 6.45) is 0. The summed E-state index contributed by atoms with van der Waals surface area (Å²) in [4.78, 5) is 11.9. The van der Waals surface area contributed by atoms with E-state index in [2.05, 4.69) is 0 Å². The normalized spacial score (nSPS) is 11.2. The van der Waals surface area contributed by atoms with E-state index in [0.717, 1.165) is 22.3 Å². The zero-order valence-corrected chi connectivity index (χ0v) is 14.9. The molecule has 27 heavy (non-hydrogen) atoms. The number of hydrogen-bond acceptors (Lipinski definition) is 5. The molecular weight excluding hydrogens is 344 g/mol. The molecule has 0 bridgehead atoms. The van der Waals surface area contributed by atoms with E-state index in [9.17, 15) is 15.0 Å². The number of rotatable bonds is 3. The molecule has 0 fully saturated rings. The molecule has 2 N–H and O–H groups in total. The second kappa shape index (κ2) is 6.36. The Morgan fingerprint density at radius 2 is 1.74 bits per heavy atom. The minimum atomic E-state index is -0.514. The van der Waals surface area contributed by atoms with Crippen LogP contribution in [0.4, 0.5) is 0 Å². The average Bonchev–Trinajstić information content (AvgIpc) is 2.64. The van der Waals surface area contributed by atoms with Crippen LogP contribution >= 0.6 is 0 Å². The highest BCUT2D eigenvalue weighted by Gasteiger charge is 2.20. The van der Waals surface area contributed by atoms with Gasteiger partial charge in [-0.25, -0.2) is 0 Å². The Kier molecular flexibility index (Phi) is 4.00. The van der Waals surface area contributed by atoms with Crippen LogP contribution in [0.15, 0.2) is 57.7 Å². The molecule has 0 saturated carbocycles. The van der Waals surface area contributed by atoms with Crippen molar-refractivity contribution in [1.29, 1.82) is 0 Å². The number of aryl methyl sites for hydroxylation is 1. The van der Waals surface area contributed by atoms with E-state index in [-0.39, 0.29) is 11.5 Å². The number of hydrogen-bond donors (Lipinski definition) is 2. The zero-order valence-electron chi connectivity index (χ0n) is 14.9. The van der Waals surface area contributed by atoms with Crippen molar-refractivity contribution in [2.45, 2.75) is 13.8 Å². The Labute approximate surface area is 155 Å². The molecule has 0 saturated heterocycles. The highest BCUT2D eigenvalue weighted by molar-refractivity contribution is 6.02. The summed E-state index contributed by atoms with van der Waals surface area (Å²) >= 11 is 0. The van der Waals surface area contributed by atoms with Gasteiger partial charge in [0, 0.05) is 28.6 Å². The lowest BCUT2D eigenvalue weighted by Crippen LogP contribution is -2.01. The number of aromatic hydroxyl groups is 2. The maximum atomic E-state index is 11.9. The lowest BCUT2D eigenvalue weighted by Gasteiger charge is -2.16. The van der Waals surface area contributed by atoms with Crippen LogP contribution in [0.3, 0.4) is 0 Å². The van der Waals surface area contributed by atoms with Crippen molar-refractivity contribution in [2.75, 3.05) is 6.61 Å². The fourth-order valence-corrected chi connectivity index (χ4v) is 3.25. The van der Waals surface area contributed by atoms with Crippen LogP contribution in [0.1, 0.15) is 12.5 Å². The topological polar surface area (TPSA) is 79.9 Å². The molecule has 0 atom stereocenters. The summed E-state index contributed by atoms with van der Waals surface area (Å²) < 4.78 is 11.4. The van der Waals surface area contributed by atoms with Crippen LogP contribution in [0.25, 0.3) is 33.4 Å².